The molecular weight excluding hydrogens is 397 g/mol. The summed E-state index contributed by atoms with van der Waals surface area (Å²) < 4.78 is 21.4. The number of aliphatic carboxylic acids is 1. The van der Waals surface area contributed by atoms with E-state index in [0.29, 0.717) is 31.2 Å². The summed E-state index contributed by atoms with van der Waals surface area (Å²) in [6.45, 7) is 1.15. The maximum atomic E-state index is 15.1. The minimum absolute atomic E-state index is 0.0577. The largest absolute Gasteiger partial charge is 0.493 e. The highest BCUT2D eigenvalue weighted by Crippen LogP contribution is 2.64. The Labute approximate surface area is 181 Å². The number of nitrogens with zero attached hydrogens (tertiary/aromatic N) is 1. The monoisotopic (exact) mass is 427 g/mol. The molecule has 1 amide bonds. The van der Waals surface area contributed by atoms with Gasteiger partial charge >= 0.3 is 5.97 Å². The van der Waals surface area contributed by atoms with Gasteiger partial charge in [-0.15, -0.1) is 0 Å². The Morgan fingerprint density at radius 2 is 1.87 bits per heavy atom. The van der Waals surface area contributed by atoms with Crippen molar-refractivity contribution in [3.8, 4) is 5.75 Å². The minimum atomic E-state index is -0.931. The van der Waals surface area contributed by atoms with E-state index in [1.165, 1.54) is 43.1 Å². The zero-order valence-electron chi connectivity index (χ0n) is 17.8. The summed E-state index contributed by atoms with van der Waals surface area (Å²) in [5.41, 5.74) is 1.28. The number of carbonyl (C=O) groups is 2. The third-order valence-corrected chi connectivity index (χ3v) is 8.75. The molecule has 6 aliphatic rings. The molecule has 2 unspecified atom stereocenters. The average Bonchev–Trinajstić information content (AvgIpc) is 3.46. The molecule has 0 aromatic heterocycles. The van der Waals surface area contributed by atoms with Gasteiger partial charge < -0.3 is 14.7 Å². The third kappa shape index (κ3) is 3.33. The van der Waals surface area contributed by atoms with Crippen molar-refractivity contribution in [3.05, 3.63) is 29.1 Å². The average molecular weight is 428 g/mol. The summed E-state index contributed by atoms with van der Waals surface area (Å²) in [6.07, 6.45) is 9.19. The number of benzene rings is 1. The normalized spacial score (nSPS) is 35.3. The fraction of sp³-hybridized carbons (Fsp3) is 0.680. The molecular formula is C25H30FNO4. The van der Waals surface area contributed by atoms with Gasteiger partial charge in [0.15, 0.2) is 0 Å². The van der Waals surface area contributed by atoms with Crippen molar-refractivity contribution < 1.29 is 23.8 Å². The molecule has 1 aromatic carbocycles. The van der Waals surface area contributed by atoms with Gasteiger partial charge in [0.25, 0.3) is 5.91 Å². The molecule has 5 saturated carbocycles. The number of carbonyl (C=O) groups excluding carboxylic acids is 1. The third-order valence-electron chi connectivity index (χ3n) is 8.75. The van der Waals surface area contributed by atoms with Crippen LogP contribution in [0.15, 0.2) is 12.1 Å². The molecule has 1 aromatic rings. The van der Waals surface area contributed by atoms with Crippen LogP contribution >= 0.6 is 0 Å². The van der Waals surface area contributed by atoms with Crippen LogP contribution in [0.3, 0.4) is 0 Å². The summed E-state index contributed by atoms with van der Waals surface area (Å²) in [7, 11) is 0. The zero-order valence-corrected chi connectivity index (χ0v) is 17.8. The van der Waals surface area contributed by atoms with E-state index in [9.17, 15) is 9.59 Å². The van der Waals surface area contributed by atoms with Crippen molar-refractivity contribution in [1.82, 2.24) is 4.90 Å². The number of rotatable bonds is 7. The molecule has 1 heterocycles. The van der Waals surface area contributed by atoms with Crippen LogP contribution in [-0.2, 0) is 4.79 Å². The van der Waals surface area contributed by atoms with Crippen LogP contribution in [0.1, 0.15) is 79.6 Å². The molecule has 7 rings (SSSR count). The molecule has 0 radical (unpaired) electrons. The van der Waals surface area contributed by atoms with E-state index in [1.54, 1.807) is 6.07 Å². The Kier molecular flexibility index (Phi) is 4.38. The number of hydrogen-bond acceptors (Lipinski definition) is 3. The van der Waals surface area contributed by atoms with Crippen molar-refractivity contribution >= 4 is 11.9 Å². The van der Waals surface area contributed by atoms with E-state index in [1.807, 2.05) is 0 Å². The maximum Gasteiger partial charge on any atom is 0.305 e. The number of carboxylic acids is 1. The molecule has 5 nitrogen and oxygen atoms in total. The highest BCUT2D eigenvalue weighted by atomic mass is 19.1. The highest BCUT2D eigenvalue weighted by Gasteiger charge is 2.56. The van der Waals surface area contributed by atoms with E-state index in [-0.39, 0.29) is 23.4 Å². The topological polar surface area (TPSA) is 66.8 Å². The van der Waals surface area contributed by atoms with Crippen LogP contribution in [0.4, 0.5) is 4.39 Å². The second-order valence-electron chi connectivity index (χ2n) is 10.9. The van der Waals surface area contributed by atoms with Crippen molar-refractivity contribution in [2.24, 2.45) is 23.2 Å². The van der Waals surface area contributed by atoms with Gasteiger partial charge in [0.05, 0.1) is 18.6 Å². The van der Waals surface area contributed by atoms with Crippen molar-refractivity contribution in [2.45, 2.75) is 69.7 Å². The molecule has 166 valence electrons. The molecule has 0 spiro atoms. The van der Waals surface area contributed by atoms with Gasteiger partial charge in [-0.2, -0.15) is 0 Å². The van der Waals surface area contributed by atoms with Crippen LogP contribution < -0.4 is 4.74 Å². The van der Waals surface area contributed by atoms with Gasteiger partial charge in [-0.05, 0) is 86.7 Å². The van der Waals surface area contributed by atoms with E-state index < -0.39 is 17.7 Å². The lowest BCUT2D eigenvalue weighted by Crippen LogP contribution is -2.52. The molecule has 3 atom stereocenters. The smallest absolute Gasteiger partial charge is 0.305 e. The summed E-state index contributed by atoms with van der Waals surface area (Å²) >= 11 is 0. The molecule has 31 heavy (non-hydrogen) atoms. The van der Waals surface area contributed by atoms with Crippen molar-refractivity contribution in [3.63, 3.8) is 0 Å². The van der Waals surface area contributed by atoms with Crippen LogP contribution in [0.25, 0.3) is 0 Å². The second-order valence-corrected chi connectivity index (χ2v) is 10.9. The van der Waals surface area contributed by atoms with Crippen molar-refractivity contribution in [1.29, 1.82) is 0 Å². The number of amides is 1. The lowest BCUT2D eigenvalue weighted by atomic mass is 9.70. The second kappa shape index (κ2) is 6.94. The highest BCUT2D eigenvalue weighted by molar-refractivity contribution is 5.96. The van der Waals surface area contributed by atoms with E-state index in [4.69, 9.17) is 9.84 Å². The minimum Gasteiger partial charge on any atom is -0.493 e. The van der Waals surface area contributed by atoms with Gasteiger partial charge in [0.1, 0.15) is 11.6 Å². The number of hydrogen-bond donors (Lipinski definition) is 1. The first-order chi connectivity index (χ1) is 14.9. The zero-order chi connectivity index (χ0) is 21.3. The Bertz CT molecular complexity index is 922. The van der Waals surface area contributed by atoms with Gasteiger partial charge in [-0.1, -0.05) is 0 Å². The summed E-state index contributed by atoms with van der Waals surface area (Å²) in [6, 6.07) is 2.77. The molecule has 5 aliphatic carbocycles. The standard InChI is InChI=1S/C25H30FNO4/c26-21-9-22(31-13-25-10-14-5-16(11-25)17(6-14)12-25)19(15-1-2-15)8-20(21)24(30)27-4-3-18(27)7-23(28)29/h8-9,14-18H,1-7,10-13H2,(H,28,29)/t14?,16?,17?,18-,25?/m0/s1. The Hall–Kier alpha value is -2.11. The molecule has 6 heteroatoms. The predicted octanol–water partition coefficient (Wildman–Crippen LogP) is 4.60. The number of halogens is 1. The fourth-order valence-electron chi connectivity index (χ4n) is 7.24. The number of ether oxygens (including phenoxy) is 1. The van der Waals surface area contributed by atoms with Gasteiger partial charge in [0, 0.05) is 24.1 Å². The van der Waals surface area contributed by atoms with Crippen LogP contribution in [0, 0.1) is 29.0 Å². The van der Waals surface area contributed by atoms with Gasteiger partial charge in [-0.25, -0.2) is 4.39 Å². The maximum absolute atomic E-state index is 15.1. The summed E-state index contributed by atoms with van der Waals surface area (Å²) in [5.74, 6) is 1.66. The molecule has 4 bridgehead atoms. The van der Waals surface area contributed by atoms with E-state index in [0.717, 1.165) is 36.2 Å². The first-order valence-corrected chi connectivity index (χ1v) is 11.9. The molecule has 1 saturated heterocycles. The fourth-order valence-corrected chi connectivity index (χ4v) is 7.24. The Morgan fingerprint density at radius 1 is 1.13 bits per heavy atom. The Balaban J connectivity index is 1.21. The first kappa shape index (κ1) is 19.6. The molecule has 1 aliphatic heterocycles. The first-order valence-electron chi connectivity index (χ1n) is 11.9. The van der Waals surface area contributed by atoms with Gasteiger partial charge in [-0.3, -0.25) is 9.59 Å². The quantitative estimate of drug-likeness (QED) is 0.691. The Morgan fingerprint density at radius 3 is 2.45 bits per heavy atom. The van der Waals surface area contributed by atoms with Crippen LogP contribution in [0.5, 0.6) is 5.75 Å². The number of likely N-dealkylation sites (tertiary alicyclic amines) is 1. The lowest BCUT2D eigenvalue weighted by molar-refractivity contribution is -0.139. The SMILES string of the molecule is O=C(O)C[C@@H]1CCN1C(=O)c1cc(C2CC2)c(OCC23CC4CC(C2)C(C4)C3)cc1F. The summed E-state index contributed by atoms with van der Waals surface area (Å²) in [4.78, 5) is 25.5. The lowest BCUT2D eigenvalue weighted by Gasteiger charge is -2.40. The molecule has 6 fully saturated rings. The number of carboxylic acid groups (broad SMARTS) is 1. The van der Waals surface area contributed by atoms with Crippen LogP contribution in [0.2, 0.25) is 0 Å². The predicted molar refractivity (Wildman–Crippen MR) is 112 cm³/mol. The van der Waals surface area contributed by atoms with Crippen LogP contribution in [-0.4, -0.2) is 41.1 Å². The van der Waals surface area contributed by atoms with Gasteiger partial charge in [0.2, 0.25) is 0 Å². The van der Waals surface area contributed by atoms with E-state index in [2.05, 4.69) is 0 Å². The summed E-state index contributed by atoms with van der Waals surface area (Å²) in [5, 5.41) is 9.04. The van der Waals surface area contributed by atoms with Crippen molar-refractivity contribution in [2.75, 3.05) is 13.2 Å². The van der Waals surface area contributed by atoms with E-state index >= 15 is 4.39 Å². The molecule has 1 N–H and O–H groups in total.